The van der Waals surface area contributed by atoms with Crippen molar-refractivity contribution in [2.75, 3.05) is 30.3 Å². The minimum atomic E-state index is -1.66. The number of aliphatic carboxylic acids is 1. The number of hydrogen-bond acceptors (Lipinski definition) is 16. The predicted octanol–water partition coefficient (Wildman–Crippen LogP) is 3.92. The van der Waals surface area contributed by atoms with Crippen LogP contribution in [0.25, 0.3) is 33.8 Å². The van der Waals surface area contributed by atoms with Crippen LogP contribution in [0.4, 0.5) is 20.2 Å². The van der Waals surface area contributed by atoms with Crippen LogP contribution in [0.2, 0.25) is 0 Å². The number of aliphatic hydroxyl groups excluding tert-OH is 1. The third kappa shape index (κ3) is 14.2. The van der Waals surface area contributed by atoms with Crippen molar-refractivity contribution in [1.82, 2.24) is 39.8 Å². The fourth-order valence-corrected chi connectivity index (χ4v) is 5.89. The van der Waals surface area contributed by atoms with Gasteiger partial charge in [0.2, 0.25) is 0 Å². The SMILES string of the molecule is C[C@H](C#N)Nc1cc(-c2ccc3cc(C#N)cnn23)ncc1C(=O)NC[C@@H](F)C(C)(C)O.C[C@H](C#N)Nc1cc(-c2ccc3cc(C#N)cnn23)ncc1C(=O)NC[C@@H](F)C(C)(C)O.O=C(O)CO. The van der Waals surface area contributed by atoms with E-state index in [1.807, 2.05) is 24.3 Å². The Morgan fingerprint density at radius 1 is 0.667 bits per heavy atom. The lowest BCUT2D eigenvalue weighted by Gasteiger charge is -2.22. The third-order valence-electron chi connectivity index (χ3n) is 9.76. The second-order valence-corrected chi connectivity index (χ2v) is 16.3. The first kappa shape index (κ1) is 53.0. The number of nitrogens with one attached hydrogen (secondary N) is 4. The molecule has 4 atom stereocenters. The molecule has 21 nitrogen and oxygen atoms in total. The summed E-state index contributed by atoms with van der Waals surface area (Å²) in [4.78, 5) is 43.2. The molecule has 0 aliphatic carbocycles. The molecule has 6 aromatic heterocycles. The number of aromatic nitrogens is 6. The second-order valence-electron chi connectivity index (χ2n) is 16.3. The van der Waals surface area contributed by atoms with E-state index in [0.29, 0.717) is 56.3 Å². The molecular weight excluding hydrogens is 899 g/mol. The van der Waals surface area contributed by atoms with Crippen molar-refractivity contribution >= 4 is 40.2 Å². The number of carbonyl (C=O) groups excluding carboxylic acids is 2. The number of alkyl halides is 2. The molecule has 0 radical (unpaired) electrons. The Hall–Kier alpha value is -8.61. The molecule has 69 heavy (non-hydrogen) atoms. The summed E-state index contributed by atoms with van der Waals surface area (Å²) < 4.78 is 31.3. The number of carbonyl (C=O) groups is 3. The summed E-state index contributed by atoms with van der Waals surface area (Å²) >= 11 is 0. The Morgan fingerprint density at radius 2 is 1.03 bits per heavy atom. The molecular formula is C46H48F2N14O7. The van der Waals surface area contributed by atoms with Crippen LogP contribution in [-0.4, -0.2) is 123 Å². The van der Waals surface area contributed by atoms with Crippen LogP contribution in [0.1, 0.15) is 73.4 Å². The van der Waals surface area contributed by atoms with Crippen LogP contribution in [0.15, 0.2) is 73.3 Å². The maximum absolute atomic E-state index is 14.0. The van der Waals surface area contributed by atoms with Gasteiger partial charge in [-0.05, 0) is 90.1 Å². The van der Waals surface area contributed by atoms with Crippen LogP contribution >= 0.6 is 0 Å². The average Bonchev–Trinajstić information content (AvgIpc) is 3.95. The molecule has 0 fully saturated rings. The van der Waals surface area contributed by atoms with Gasteiger partial charge in [-0.1, -0.05) is 0 Å². The fraction of sp³-hybridized carbons (Fsp3) is 0.326. The molecule has 358 valence electrons. The van der Waals surface area contributed by atoms with Gasteiger partial charge in [-0.2, -0.15) is 31.2 Å². The molecule has 6 heterocycles. The maximum Gasteiger partial charge on any atom is 0.329 e. The average molecular weight is 947 g/mol. The molecule has 23 heteroatoms. The minimum Gasteiger partial charge on any atom is -0.480 e. The van der Waals surface area contributed by atoms with E-state index in [9.17, 15) is 39.1 Å². The van der Waals surface area contributed by atoms with Gasteiger partial charge in [0.05, 0.1) is 116 Å². The summed E-state index contributed by atoms with van der Waals surface area (Å²) in [6.07, 6.45) is 2.21. The maximum atomic E-state index is 14.0. The van der Waals surface area contributed by atoms with Crippen molar-refractivity contribution in [2.24, 2.45) is 0 Å². The first-order valence-electron chi connectivity index (χ1n) is 20.8. The summed E-state index contributed by atoms with van der Waals surface area (Å²) in [6, 6.07) is 20.6. The highest BCUT2D eigenvalue weighted by Crippen LogP contribution is 2.28. The molecule has 2 amide bonds. The standard InChI is InChI=1S/2C22H22FN7O2.C2H4O3/c2*1-13(8-24)29-17-7-18(19-5-4-15-6-14(9-25)10-28-30(15)19)26-11-16(17)21(31)27-12-20(23)22(2,3)32;3-1-2(4)5/h2*4-7,10-11,13,20,32H,12H2,1-3H3,(H,26,29)(H,27,31);3H,1H2,(H,4,5)/t2*13-,20-;/m11./s1. The van der Waals surface area contributed by atoms with E-state index in [2.05, 4.69) is 41.4 Å². The number of amides is 2. The van der Waals surface area contributed by atoms with Gasteiger partial charge in [0, 0.05) is 12.4 Å². The summed E-state index contributed by atoms with van der Waals surface area (Å²) in [5.41, 5.74) is 2.16. The largest absolute Gasteiger partial charge is 0.480 e. The normalized spacial score (nSPS) is 12.7. The zero-order valence-electron chi connectivity index (χ0n) is 38.1. The number of aliphatic hydroxyl groups is 3. The topological polar surface area (TPSA) is 336 Å². The van der Waals surface area contributed by atoms with Gasteiger partial charge in [-0.15, -0.1) is 0 Å². The molecule has 8 N–H and O–H groups in total. The lowest BCUT2D eigenvalue weighted by Crippen LogP contribution is -2.42. The minimum absolute atomic E-state index is 0.124. The number of nitriles is 4. The third-order valence-corrected chi connectivity index (χ3v) is 9.76. The van der Waals surface area contributed by atoms with Crippen molar-refractivity contribution in [1.29, 1.82) is 21.0 Å². The van der Waals surface area contributed by atoms with Crippen LogP contribution in [0.5, 0.6) is 0 Å². The Morgan fingerprint density at radius 3 is 1.33 bits per heavy atom. The Bertz CT molecular complexity index is 2800. The van der Waals surface area contributed by atoms with Gasteiger partial charge in [-0.25, -0.2) is 22.6 Å². The molecule has 6 rings (SSSR count). The molecule has 0 bridgehead atoms. The first-order chi connectivity index (χ1) is 32.5. The quantitative estimate of drug-likeness (QED) is 0.0723. The highest BCUT2D eigenvalue weighted by atomic mass is 19.1. The molecule has 6 aromatic rings. The highest BCUT2D eigenvalue weighted by Gasteiger charge is 2.29. The Labute approximate surface area is 393 Å². The van der Waals surface area contributed by atoms with E-state index in [4.69, 9.17) is 25.5 Å². The highest BCUT2D eigenvalue weighted by molar-refractivity contribution is 6.00. The van der Waals surface area contributed by atoms with Crippen LogP contribution < -0.4 is 21.3 Å². The summed E-state index contributed by atoms with van der Waals surface area (Å²) in [7, 11) is 0. The van der Waals surface area contributed by atoms with Gasteiger partial charge in [-0.3, -0.25) is 19.6 Å². The zero-order chi connectivity index (χ0) is 51.2. The van der Waals surface area contributed by atoms with E-state index in [-0.39, 0.29) is 24.2 Å². The smallest absolute Gasteiger partial charge is 0.329 e. The van der Waals surface area contributed by atoms with E-state index >= 15 is 0 Å². The number of carboxylic acid groups (broad SMARTS) is 1. The monoisotopic (exact) mass is 946 g/mol. The van der Waals surface area contributed by atoms with Crippen molar-refractivity contribution < 1.29 is 43.6 Å². The predicted molar refractivity (Wildman–Crippen MR) is 245 cm³/mol. The molecule has 0 unspecified atom stereocenters. The van der Waals surface area contributed by atoms with Crippen molar-refractivity contribution in [3.63, 3.8) is 0 Å². The van der Waals surface area contributed by atoms with Crippen molar-refractivity contribution in [3.05, 3.63) is 95.6 Å². The lowest BCUT2D eigenvalue weighted by molar-refractivity contribution is -0.140. The van der Waals surface area contributed by atoms with Crippen LogP contribution in [-0.2, 0) is 4.79 Å². The first-order valence-corrected chi connectivity index (χ1v) is 20.8. The Balaban J connectivity index is 0.000000274. The van der Waals surface area contributed by atoms with E-state index < -0.39 is 60.0 Å². The summed E-state index contributed by atoms with van der Waals surface area (Å²) in [5, 5.41) is 90.3. The number of halogens is 2. The molecule has 0 spiro atoms. The number of nitrogens with zero attached hydrogens (tertiary/aromatic N) is 10. The van der Waals surface area contributed by atoms with Gasteiger partial charge >= 0.3 is 5.97 Å². The number of carboxylic acids is 1. The van der Waals surface area contributed by atoms with Crippen LogP contribution in [0.3, 0.4) is 0 Å². The number of rotatable bonds is 15. The lowest BCUT2D eigenvalue weighted by atomic mass is 10.0. The number of anilines is 2. The van der Waals surface area contributed by atoms with Gasteiger partial charge in [0.25, 0.3) is 11.8 Å². The zero-order valence-corrected chi connectivity index (χ0v) is 38.1. The Kier molecular flexibility index (Phi) is 17.8. The van der Waals surface area contributed by atoms with Crippen LogP contribution in [0, 0.1) is 45.3 Å². The number of fused-ring (bicyclic) bond motifs is 2. The van der Waals surface area contributed by atoms with Crippen molar-refractivity contribution in [2.45, 2.75) is 77.2 Å². The van der Waals surface area contributed by atoms with Gasteiger partial charge in [0.15, 0.2) is 0 Å². The van der Waals surface area contributed by atoms with E-state index in [1.165, 1.54) is 52.5 Å². The summed E-state index contributed by atoms with van der Waals surface area (Å²) in [6.45, 7) is 6.98. The molecule has 0 aliphatic heterocycles. The van der Waals surface area contributed by atoms with E-state index in [0.717, 1.165) is 0 Å². The number of hydrogen-bond donors (Lipinski definition) is 8. The molecule has 0 saturated carbocycles. The van der Waals surface area contributed by atoms with E-state index in [1.54, 1.807) is 71.4 Å². The van der Waals surface area contributed by atoms with Crippen molar-refractivity contribution in [3.8, 4) is 47.1 Å². The fourth-order valence-electron chi connectivity index (χ4n) is 5.89. The summed E-state index contributed by atoms with van der Waals surface area (Å²) in [5.74, 6) is -2.38. The molecule has 0 aliphatic rings. The van der Waals surface area contributed by atoms with Gasteiger partial charge < -0.3 is 41.7 Å². The second kappa shape index (κ2) is 23.2. The van der Waals surface area contributed by atoms with Gasteiger partial charge in [0.1, 0.15) is 43.2 Å². The molecule has 0 aromatic carbocycles. The number of pyridine rings is 2. The molecule has 0 saturated heterocycles.